The summed E-state index contributed by atoms with van der Waals surface area (Å²) in [6.07, 6.45) is 0. The van der Waals surface area contributed by atoms with E-state index in [0.717, 1.165) is 0 Å². The van der Waals surface area contributed by atoms with E-state index in [1.54, 1.807) is 6.92 Å². The van der Waals surface area contributed by atoms with Gasteiger partial charge in [0.2, 0.25) is 0 Å². The van der Waals surface area contributed by atoms with Gasteiger partial charge in [-0.25, -0.2) is 9.78 Å². The molecule has 44 valence electrons. The average Bonchev–Trinajstić information content (AvgIpc) is 1.61. The molecule has 0 aliphatic heterocycles. The number of hydrogen-bond acceptors (Lipinski definition) is 3. The SMILES string of the molecule is CCOOOC.[InH3]. The van der Waals surface area contributed by atoms with Gasteiger partial charge < -0.3 is 0 Å². The molecule has 0 aliphatic carbocycles. The van der Waals surface area contributed by atoms with E-state index in [1.807, 2.05) is 0 Å². The summed E-state index contributed by atoms with van der Waals surface area (Å²) in [4.78, 5) is 8.32. The van der Waals surface area contributed by atoms with Crippen LogP contribution in [-0.4, -0.2) is 39.6 Å². The molecule has 0 rings (SSSR count). The summed E-state index contributed by atoms with van der Waals surface area (Å²) in [6, 6.07) is 0. The van der Waals surface area contributed by atoms with Gasteiger partial charge in [0.25, 0.3) is 0 Å². The fourth-order valence-electron chi connectivity index (χ4n) is 0.0962. The molecule has 0 bridgehead atoms. The van der Waals surface area contributed by atoms with Crippen LogP contribution in [0.2, 0.25) is 0 Å². The predicted octanol–water partition coefficient (Wildman–Crippen LogP) is -0.668. The Hall–Kier alpha value is 0.750. The number of rotatable bonds is 3. The Kier molecular flexibility index (Phi) is 15.1. The first-order valence-electron chi connectivity index (χ1n) is 1.74. The van der Waals surface area contributed by atoms with Gasteiger partial charge in [-0.15, -0.1) is 0 Å². The molecule has 0 aliphatic rings. The molecule has 0 aromatic carbocycles. The molecular formula is C3H11InO3. The number of hydrogen-bond donors (Lipinski definition) is 0. The summed E-state index contributed by atoms with van der Waals surface area (Å²) in [7, 11) is 1.38. The zero-order valence-electron chi connectivity index (χ0n) is 3.93. The van der Waals surface area contributed by atoms with E-state index < -0.39 is 0 Å². The first-order chi connectivity index (χ1) is 2.91. The Morgan fingerprint density at radius 2 is 2.00 bits per heavy atom. The molecule has 0 N–H and O–H groups in total. The molecule has 3 nitrogen and oxygen atoms in total. The van der Waals surface area contributed by atoms with Crippen molar-refractivity contribution >= 4 is 25.8 Å². The van der Waals surface area contributed by atoms with Gasteiger partial charge in [0.05, 0.1) is 13.7 Å². The molecular weight excluding hydrogens is 199 g/mol. The quantitative estimate of drug-likeness (QED) is 0.351. The van der Waals surface area contributed by atoms with E-state index >= 15 is 0 Å². The molecule has 0 atom stereocenters. The molecule has 7 heavy (non-hydrogen) atoms. The van der Waals surface area contributed by atoms with Crippen molar-refractivity contribution < 1.29 is 14.8 Å². The van der Waals surface area contributed by atoms with E-state index in [9.17, 15) is 0 Å². The molecule has 0 aromatic heterocycles. The third-order valence-corrected chi connectivity index (χ3v) is 0.234. The van der Waals surface area contributed by atoms with E-state index in [4.69, 9.17) is 0 Å². The van der Waals surface area contributed by atoms with Crippen molar-refractivity contribution in [3.63, 3.8) is 0 Å². The Balaban J connectivity index is 0. The molecule has 0 aromatic rings. The van der Waals surface area contributed by atoms with Crippen molar-refractivity contribution in [2.75, 3.05) is 13.7 Å². The summed E-state index contributed by atoms with van der Waals surface area (Å²) in [6.45, 7) is 2.31. The van der Waals surface area contributed by atoms with Gasteiger partial charge in [0.15, 0.2) is 0 Å². The van der Waals surface area contributed by atoms with Crippen LogP contribution in [0.4, 0.5) is 0 Å². The van der Waals surface area contributed by atoms with Gasteiger partial charge in [-0.3, -0.25) is 0 Å². The van der Waals surface area contributed by atoms with Gasteiger partial charge in [0.1, 0.15) is 0 Å². The van der Waals surface area contributed by atoms with Gasteiger partial charge >= 0.3 is 25.8 Å². The molecule has 0 fully saturated rings. The Morgan fingerprint density at radius 3 is 2.14 bits per heavy atom. The van der Waals surface area contributed by atoms with Crippen LogP contribution in [0.1, 0.15) is 6.92 Å². The fraction of sp³-hybridized carbons (Fsp3) is 1.00. The van der Waals surface area contributed by atoms with Gasteiger partial charge in [-0.2, -0.15) is 0 Å². The Morgan fingerprint density at radius 1 is 1.43 bits per heavy atom. The topological polar surface area (TPSA) is 27.7 Å². The predicted molar refractivity (Wildman–Crippen MR) is 29.7 cm³/mol. The van der Waals surface area contributed by atoms with Crippen LogP contribution in [-0.2, 0) is 14.8 Å². The van der Waals surface area contributed by atoms with Crippen molar-refractivity contribution in [3.05, 3.63) is 0 Å². The van der Waals surface area contributed by atoms with E-state index in [1.165, 1.54) is 7.11 Å². The standard InChI is InChI=1S/C3H8O3.In.3H/c1-3-5-6-4-2;;;;/h3H2,1-2H3;;;;. The third kappa shape index (κ3) is 10.8. The molecule has 0 radical (unpaired) electrons. The Bertz CT molecular complexity index is 22.1. The summed E-state index contributed by atoms with van der Waals surface area (Å²) in [5, 5.41) is 3.98. The second kappa shape index (κ2) is 9.89. The molecule has 0 heterocycles. The maximum atomic E-state index is 4.26. The molecule has 0 spiro atoms. The van der Waals surface area contributed by atoms with Gasteiger partial charge in [-0.05, 0) is 6.92 Å². The van der Waals surface area contributed by atoms with Crippen LogP contribution in [0.15, 0.2) is 0 Å². The van der Waals surface area contributed by atoms with Crippen LogP contribution in [0.5, 0.6) is 0 Å². The first-order valence-corrected chi connectivity index (χ1v) is 1.74. The van der Waals surface area contributed by atoms with Crippen molar-refractivity contribution in [2.24, 2.45) is 0 Å². The Labute approximate surface area is 61.6 Å². The molecule has 4 heteroatoms. The van der Waals surface area contributed by atoms with E-state index in [2.05, 4.69) is 14.8 Å². The maximum absolute atomic E-state index is 4.26. The van der Waals surface area contributed by atoms with Crippen LogP contribution >= 0.6 is 0 Å². The normalized spacial score (nSPS) is 7.71. The van der Waals surface area contributed by atoms with Crippen LogP contribution < -0.4 is 0 Å². The van der Waals surface area contributed by atoms with E-state index in [0.29, 0.717) is 6.61 Å². The van der Waals surface area contributed by atoms with Gasteiger partial charge in [0, 0.05) is 0 Å². The van der Waals surface area contributed by atoms with Crippen LogP contribution in [0, 0.1) is 0 Å². The summed E-state index contributed by atoms with van der Waals surface area (Å²) < 4.78 is 0. The molecule has 0 unspecified atom stereocenters. The summed E-state index contributed by atoms with van der Waals surface area (Å²) in [5.74, 6) is 0. The van der Waals surface area contributed by atoms with Crippen LogP contribution in [0.3, 0.4) is 0 Å². The second-order valence-corrected chi connectivity index (χ2v) is 0.641. The zero-order valence-corrected chi connectivity index (χ0v) is 3.93. The third-order valence-electron chi connectivity index (χ3n) is 0.234. The van der Waals surface area contributed by atoms with Crippen molar-refractivity contribution in [2.45, 2.75) is 6.92 Å². The summed E-state index contributed by atoms with van der Waals surface area (Å²) in [5.41, 5.74) is 0. The summed E-state index contributed by atoms with van der Waals surface area (Å²) >= 11 is 0. The molecule has 0 amide bonds. The second-order valence-electron chi connectivity index (χ2n) is 0.641. The monoisotopic (exact) mass is 210 g/mol. The van der Waals surface area contributed by atoms with E-state index in [-0.39, 0.29) is 25.8 Å². The van der Waals surface area contributed by atoms with Crippen molar-refractivity contribution in [1.82, 2.24) is 0 Å². The van der Waals surface area contributed by atoms with Crippen molar-refractivity contribution in [3.8, 4) is 0 Å². The van der Waals surface area contributed by atoms with Gasteiger partial charge in [-0.1, -0.05) is 5.04 Å². The average molecular weight is 210 g/mol. The minimum atomic E-state index is 0. The zero-order chi connectivity index (χ0) is 4.83. The first kappa shape index (κ1) is 10.7. The minimum absolute atomic E-state index is 0. The van der Waals surface area contributed by atoms with Crippen LogP contribution in [0.25, 0.3) is 0 Å². The van der Waals surface area contributed by atoms with Crippen molar-refractivity contribution in [1.29, 1.82) is 0 Å². The molecule has 0 saturated carbocycles. The molecule has 0 saturated heterocycles. The fourth-order valence-corrected chi connectivity index (χ4v) is 0.0962.